The molecule has 1 aromatic heterocycles. The molecule has 35 heavy (non-hydrogen) atoms. The SMILES string of the molecule is CCOc1cc(CNCCSc2nnnn2-c2ccccc2)cc(Cl)c1OCc1ccccc1F. The van der Waals surface area contributed by atoms with Crippen LogP contribution in [-0.4, -0.2) is 39.1 Å². The number of rotatable bonds is 12. The molecule has 0 spiro atoms. The van der Waals surface area contributed by atoms with Gasteiger partial charge in [0.2, 0.25) is 5.16 Å². The smallest absolute Gasteiger partial charge is 0.214 e. The minimum Gasteiger partial charge on any atom is -0.490 e. The average molecular weight is 514 g/mol. The van der Waals surface area contributed by atoms with Crippen LogP contribution in [-0.2, 0) is 13.2 Å². The lowest BCUT2D eigenvalue weighted by molar-refractivity contribution is 0.266. The van der Waals surface area contributed by atoms with E-state index < -0.39 is 0 Å². The Balaban J connectivity index is 1.32. The second kappa shape index (κ2) is 12.5. The van der Waals surface area contributed by atoms with Crippen LogP contribution in [0.2, 0.25) is 5.02 Å². The monoisotopic (exact) mass is 513 g/mol. The Morgan fingerprint density at radius 1 is 1.06 bits per heavy atom. The van der Waals surface area contributed by atoms with E-state index in [9.17, 15) is 4.39 Å². The number of aromatic nitrogens is 4. The molecule has 0 aliphatic heterocycles. The minimum absolute atomic E-state index is 0.0593. The van der Waals surface area contributed by atoms with Gasteiger partial charge < -0.3 is 14.8 Å². The van der Waals surface area contributed by atoms with E-state index in [-0.39, 0.29) is 12.4 Å². The van der Waals surface area contributed by atoms with E-state index in [4.69, 9.17) is 21.1 Å². The fourth-order valence-electron chi connectivity index (χ4n) is 3.34. The van der Waals surface area contributed by atoms with E-state index in [0.29, 0.717) is 35.2 Å². The molecular weight excluding hydrogens is 489 g/mol. The molecule has 4 rings (SSSR count). The Bertz CT molecular complexity index is 1240. The fourth-order valence-corrected chi connectivity index (χ4v) is 4.41. The topological polar surface area (TPSA) is 74.1 Å². The summed E-state index contributed by atoms with van der Waals surface area (Å²) in [5.74, 6) is 1.40. The van der Waals surface area contributed by atoms with Gasteiger partial charge in [0, 0.05) is 24.4 Å². The molecule has 0 atom stereocenters. The number of ether oxygens (including phenoxy) is 2. The number of halogens is 2. The van der Waals surface area contributed by atoms with Gasteiger partial charge in [0.25, 0.3) is 0 Å². The van der Waals surface area contributed by atoms with Crippen molar-refractivity contribution >= 4 is 23.4 Å². The molecule has 0 aliphatic carbocycles. The highest BCUT2D eigenvalue weighted by Crippen LogP contribution is 2.37. The Kier molecular flexibility index (Phi) is 8.94. The number of para-hydroxylation sites is 1. The lowest BCUT2D eigenvalue weighted by Gasteiger charge is -2.16. The lowest BCUT2D eigenvalue weighted by atomic mass is 10.2. The number of tetrazole rings is 1. The zero-order chi connectivity index (χ0) is 24.5. The first-order valence-electron chi connectivity index (χ1n) is 11.1. The van der Waals surface area contributed by atoms with Crippen LogP contribution in [0.5, 0.6) is 11.5 Å². The third-order valence-corrected chi connectivity index (χ3v) is 6.18. The zero-order valence-corrected chi connectivity index (χ0v) is 20.7. The number of benzene rings is 3. The van der Waals surface area contributed by atoms with Crippen LogP contribution in [0.25, 0.3) is 5.69 Å². The normalized spacial score (nSPS) is 10.9. The van der Waals surface area contributed by atoms with Crippen molar-refractivity contribution in [2.45, 2.75) is 25.2 Å². The van der Waals surface area contributed by atoms with Crippen molar-refractivity contribution in [3.63, 3.8) is 0 Å². The maximum absolute atomic E-state index is 13.9. The van der Waals surface area contributed by atoms with Crippen molar-refractivity contribution in [3.8, 4) is 17.2 Å². The largest absolute Gasteiger partial charge is 0.490 e. The Morgan fingerprint density at radius 3 is 2.66 bits per heavy atom. The van der Waals surface area contributed by atoms with Gasteiger partial charge in [-0.15, -0.1) is 5.10 Å². The summed E-state index contributed by atoms with van der Waals surface area (Å²) >= 11 is 8.07. The molecule has 0 saturated heterocycles. The van der Waals surface area contributed by atoms with Crippen molar-refractivity contribution in [1.29, 1.82) is 0 Å². The number of nitrogens with one attached hydrogen (secondary N) is 1. The molecule has 1 heterocycles. The standard InChI is InChI=1S/C25H25ClFN5O2S/c1-2-33-23-15-18(14-21(26)24(23)34-17-19-8-6-7-11-22(19)27)16-28-12-13-35-25-29-30-31-32(25)20-9-4-3-5-10-20/h3-11,14-15,28H,2,12-13,16-17H2,1H3. The van der Waals surface area contributed by atoms with E-state index in [1.165, 1.54) is 6.07 Å². The van der Waals surface area contributed by atoms with Crippen molar-refractivity contribution in [2.24, 2.45) is 0 Å². The molecule has 10 heteroatoms. The van der Waals surface area contributed by atoms with Gasteiger partial charge in [-0.3, -0.25) is 0 Å². The fraction of sp³-hybridized carbons (Fsp3) is 0.240. The maximum Gasteiger partial charge on any atom is 0.214 e. The molecule has 4 aromatic rings. The number of thioether (sulfide) groups is 1. The molecule has 0 bridgehead atoms. The van der Waals surface area contributed by atoms with Gasteiger partial charge in [0.05, 0.1) is 17.3 Å². The molecule has 3 aromatic carbocycles. The van der Waals surface area contributed by atoms with Gasteiger partial charge in [0.15, 0.2) is 11.5 Å². The highest BCUT2D eigenvalue weighted by Gasteiger charge is 2.14. The van der Waals surface area contributed by atoms with Crippen molar-refractivity contribution in [2.75, 3.05) is 18.9 Å². The summed E-state index contributed by atoms with van der Waals surface area (Å²) in [4.78, 5) is 0. The summed E-state index contributed by atoms with van der Waals surface area (Å²) in [5.41, 5.74) is 2.33. The molecule has 7 nitrogen and oxygen atoms in total. The molecule has 0 aliphatic rings. The first-order valence-corrected chi connectivity index (χ1v) is 12.5. The van der Waals surface area contributed by atoms with E-state index >= 15 is 0 Å². The number of hydrogen-bond donors (Lipinski definition) is 1. The molecule has 0 saturated carbocycles. The summed E-state index contributed by atoms with van der Waals surface area (Å²) in [6.45, 7) is 3.73. The van der Waals surface area contributed by atoms with E-state index in [1.807, 2.05) is 49.4 Å². The highest BCUT2D eigenvalue weighted by atomic mass is 35.5. The average Bonchev–Trinajstić information content (AvgIpc) is 3.34. The van der Waals surface area contributed by atoms with Crippen molar-refractivity contribution in [1.82, 2.24) is 25.5 Å². The van der Waals surface area contributed by atoms with Gasteiger partial charge in [-0.1, -0.05) is 59.8 Å². The van der Waals surface area contributed by atoms with Crippen LogP contribution in [0.1, 0.15) is 18.1 Å². The van der Waals surface area contributed by atoms with Gasteiger partial charge in [-0.05, 0) is 53.2 Å². The van der Waals surface area contributed by atoms with E-state index in [0.717, 1.165) is 28.7 Å². The van der Waals surface area contributed by atoms with Crippen molar-refractivity contribution < 1.29 is 13.9 Å². The summed E-state index contributed by atoms with van der Waals surface area (Å²) in [6, 6.07) is 20.0. The summed E-state index contributed by atoms with van der Waals surface area (Å²) in [6.07, 6.45) is 0. The molecule has 0 amide bonds. The molecule has 1 N–H and O–H groups in total. The van der Waals surface area contributed by atoms with Crippen LogP contribution in [0.4, 0.5) is 4.39 Å². The van der Waals surface area contributed by atoms with E-state index in [2.05, 4.69) is 20.8 Å². The first kappa shape index (κ1) is 25.0. The van der Waals surface area contributed by atoms with Gasteiger partial charge in [-0.25, -0.2) is 4.39 Å². The summed E-state index contributed by atoms with van der Waals surface area (Å²) in [5, 5.41) is 16.5. The maximum atomic E-state index is 13.9. The number of nitrogens with zero attached hydrogens (tertiary/aromatic N) is 4. The van der Waals surface area contributed by atoms with Gasteiger partial charge >= 0.3 is 0 Å². The van der Waals surface area contributed by atoms with Crippen LogP contribution >= 0.6 is 23.4 Å². The third kappa shape index (κ3) is 6.72. The summed E-state index contributed by atoms with van der Waals surface area (Å²) < 4.78 is 27.2. The van der Waals surface area contributed by atoms with E-state index in [1.54, 1.807) is 34.6 Å². The highest BCUT2D eigenvalue weighted by molar-refractivity contribution is 7.99. The molecule has 0 fully saturated rings. The molecule has 0 unspecified atom stereocenters. The van der Waals surface area contributed by atoms with Crippen LogP contribution in [0.3, 0.4) is 0 Å². The predicted molar refractivity (Wildman–Crippen MR) is 135 cm³/mol. The second-order valence-electron chi connectivity index (χ2n) is 7.45. The van der Waals surface area contributed by atoms with Crippen LogP contribution in [0.15, 0.2) is 71.9 Å². The third-order valence-electron chi connectivity index (χ3n) is 4.98. The zero-order valence-electron chi connectivity index (χ0n) is 19.2. The van der Waals surface area contributed by atoms with Crippen LogP contribution < -0.4 is 14.8 Å². The van der Waals surface area contributed by atoms with Gasteiger partial charge in [0.1, 0.15) is 12.4 Å². The molecule has 182 valence electrons. The molecular formula is C25H25ClFN5O2S. The molecule has 0 radical (unpaired) electrons. The quantitative estimate of drug-likeness (QED) is 0.203. The first-order chi connectivity index (χ1) is 17.2. The Hall–Kier alpha value is -3.14. The van der Waals surface area contributed by atoms with Crippen LogP contribution in [0, 0.1) is 5.82 Å². The number of hydrogen-bond acceptors (Lipinski definition) is 7. The minimum atomic E-state index is -0.321. The lowest BCUT2D eigenvalue weighted by Crippen LogP contribution is -2.17. The second-order valence-corrected chi connectivity index (χ2v) is 8.92. The predicted octanol–water partition coefficient (Wildman–Crippen LogP) is 5.31. The van der Waals surface area contributed by atoms with Gasteiger partial charge in [-0.2, -0.15) is 4.68 Å². The Morgan fingerprint density at radius 2 is 1.86 bits per heavy atom. The van der Waals surface area contributed by atoms with Crippen molar-refractivity contribution in [3.05, 3.63) is 88.7 Å². The Labute approximate surface area is 212 Å². The summed E-state index contributed by atoms with van der Waals surface area (Å²) in [7, 11) is 0.